The molecular weight excluding hydrogens is 375 g/mol. The predicted molar refractivity (Wildman–Crippen MR) is 123 cm³/mol. The van der Waals surface area contributed by atoms with Crippen molar-refractivity contribution in [3.8, 4) is 0 Å². The van der Waals surface area contributed by atoms with Gasteiger partial charge in [0.1, 0.15) is 11.7 Å². The zero-order valence-corrected chi connectivity index (χ0v) is 17.4. The number of hydrogen-bond donors (Lipinski definition) is 3. The molecule has 1 aliphatic carbocycles. The third kappa shape index (κ3) is 4.85. The Morgan fingerprint density at radius 1 is 1.23 bits per heavy atom. The average Bonchev–Trinajstić information content (AvgIpc) is 2.68. The monoisotopic (exact) mass is 404 g/mol. The highest BCUT2D eigenvalue weighted by atomic mass is 19.1. The van der Waals surface area contributed by atoms with E-state index in [4.69, 9.17) is 16.9 Å². The molecule has 0 aliphatic heterocycles. The van der Waals surface area contributed by atoms with Crippen molar-refractivity contribution >= 4 is 11.5 Å². The van der Waals surface area contributed by atoms with E-state index in [1.807, 2.05) is 36.4 Å². The van der Waals surface area contributed by atoms with Gasteiger partial charge in [0.25, 0.3) is 0 Å². The third-order valence-corrected chi connectivity index (χ3v) is 5.60. The van der Waals surface area contributed by atoms with Gasteiger partial charge < -0.3 is 11.5 Å². The minimum Gasteiger partial charge on any atom is -0.401 e. The maximum absolute atomic E-state index is 15.7. The minimum absolute atomic E-state index is 0.0373. The van der Waals surface area contributed by atoms with Crippen molar-refractivity contribution in [2.75, 3.05) is 0 Å². The molecule has 4 nitrogen and oxygen atoms in total. The van der Waals surface area contributed by atoms with Crippen LogP contribution in [0.1, 0.15) is 59.9 Å². The molecule has 5 heteroatoms. The quantitative estimate of drug-likeness (QED) is 0.429. The first-order chi connectivity index (χ1) is 14.4. The standard InChI is InChI=1S/C25H29FN4/c1-3-23(30-15-16(2)27)22-13-12-20(18-7-5-8-18)21(24(22)26)11-10-17-6-4-9-19(14-17)25(28)29/h3-4,6,9,12-15,18H,1,5,7-8,10-11,27H2,2H3,(H3,28,29)/b16-15+,30-23+. The Bertz CT molecular complexity index is 1010. The van der Waals surface area contributed by atoms with Gasteiger partial charge in [0, 0.05) is 23.0 Å². The lowest BCUT2D eigenvalue weighted by atomic mass is 9.76. The van der Waals surface area contributed by atoms with Crippen LogP contribution in [0.4, 0.5) is 4.39 Å². The minimum atomic E-state index is -0.233. The molecule has 0 unspecified atom stereocenters. The summed E-state index contributed by atoms with van der Waals surface area (Å²) in [6.07, 6.45) is 7.71. The molecule has 5 N–H and O–H groups in total. The Morgan fingerprint density at radius 2 is 2.00 bits per heavy atom. The molecule has 0 spiro atoms. The van der Waals surface area contributed by atoms with Gasteiger partial charge in [-0.05, 0) is 73.4 Å². The second-order valence-electron chi connectivity index (χ2n) is 7.83. The lowest BCUT2D eigenvalue weighted by Gasteiger charge is -2.29. The molecule has 1 fully saturated rings. The third-order valence-electron chi connectivity index (χ3n) is 5.60. The normalized spacial score (nSPS) is 15.0. The number of nitrogens with zero attached hydrogens (tertiary/aromatic N) is 1. The summed E-state index contributed by atoms with van der Waals surface area (Å²) in [4.78, 5) is 4.31. The van der Waals surface area contributed by atoms with Crippen LogP contribution in [0, 0.1) is 11.2 Å². The van der Waals surface area contributed by atoms with Crippen molar-refractivity contribution in [3.05, 3.63) is 94.6 Å². The molecule has 0 radical (unpaired) electrons. The van der Waals surface area contributed by atoms with E-state index >= 15 is 4.39 Å². The van der Waals surface area contributed by atoms with Gasteiger partial charge in [-0.15, -0.1) is 0 Å². The molecule has 2 aromatic carbocycles. The van der Waals surface area contributed by atoms with Crippen molar-refractivity contribution in [1.82, 2.24) is 0 Å². The maximum Gasteiger partial charge on any atom is 0.136 e. The van der Waals surface area contributed by atoms with Crippen LogP contribution >= 0.6 is 0 Å². The van der Waals surface area contributed by atoms with E-state index in [1.54, 1.807) is 13.0 Å². The van der Waals surface area contributed by atoms with E-state index in [-0.39, 0.29) is 11.7 Å². The number of aryl methyl sites for hydroxylation is 1. The highest BCUT2D eigenvalue weighted by Crippen LogP contribution is 2.39. The maximum atomic E-state index is 15.7. The molecule has 0 amide bonds. The second-order valence-corrected chi connectivity index (χ2v) is 7.83. The molecule has 0 bridgehead atoms. The largest absolute Gasteiger partial charge is 0.401 e. The van der Waals surface area contributed by atoms with Crippen molar-refractivity contribution in [2.24, 2.45) is 16.5 Å². The van der Waals surface area contributed by atoms with Crippen LogP contribution < -0.4 is 11.5 Å². The molecule has 30 heavy (non-hydrogen) atoms. The summed E-state index contributed by atoms with van der Waals surface area (Å²) in [6, 6.07) is 11.4. The van der Waals surface area contributed by atoms with E-state index in [0.29, 0.717) is 41.3 Å². The molecule has 3 rings (SSSR count). The summed E-state index contributed by atoms with van der Waals surface area (Å²) in [5.41, 5.74) is 16.3. The Balaban J connectivity index is 1.97. The summed E-state index contributed by atoms with van der Waals surface area (Å²) in [6.45, 7) is 5.53. The van der Waals surface area contributed by atoms with Gasteiger partial charge >= 0.3 is 0 Å². The smallest absolute Gasteiger partial charge is 0.136 e. The van der Waals surface area contributed by atoms with Crippen LogP contribution in [-0.2, 0) is 12.8 Å². The van der Waals surface area contributed by atoms with Crippen molar-refractivity contribution in [3.63, 3.8) is 0 Å². The van der Waals surface area contributed by atoms with Gasteiger partial charge in [0.05, 0.1) is 5.71 Å². The molecule has 1 saturated carbocycles. The first-order valence-corrected chi connectivity index (χ1v) is 10.3. The van der Waals surface area contributed by atoms with Crippen LogP contribution in [0.25, 0.3) is 0 Å². The van der Waals surface area contributed by atoms with Crippen LogP contribution in [-0.4, -0.2) is 11.5 Å². The Kier molecular flexibility index (Phi) is 6.83. The molecule has 1 aliphatic rings. The number of hydrogen-bond acceptors (Lipinski definition) is 3. The highest BCUT2D eigenvalue weighted by molar-refractivity contribution is 6.09. The molecule has 0 heterocycles. The number of nitrogens with two attached hydrogens (primary N) is 2. The SMILES string of the molecule is C=C/C(=N\C=C(/C)N)c1ccc(C2CCC2)c(CCc2cccc(C(=N)N)c2)c1F. The molecule has 0 aromatic heterocycles. The van der Waals surface area contributed by atoms with Gasteiger partial charge in [-0.2, -0.15) is 0 Å². The van der Waals surface area contributed by atoms with Gasteiger partial charge in [-0.3, -0.25) is 10.4 Å². The van der Waals surface area contributed by atoms with Crippen LogP contribution in [0.15, 0.2) is 65.9 Å². The van der Waals surface area contributed by atoms with Crippen molar-refractivity contribution in [1.29, 1.82) is 5.41 Å². The summed E-state index contributed by atoms with van der Waals surface area (Å²) in [5, 5.41) is 7.63. The van der Waals surface area contributed by atoms with Crippen molar-refractivity contribution in [2.45, 2.75) is 44.9 Å². The number of rotatable bonds is 8. The Hall–Kier alpha value is -3.21. The topological polar surface area (TPSA) is 88.2 Å². The lowest BCUT2D eigenvalue weighted by molar-refractivity contribution is 0.414. The fourth-order valence-corrected chi connectivity index (χ4v) is 3.76. The predicted octanol–water partition coefficient (Wildman–Crippen LogP) is 4.96. The molecule has 0 saturated heterocycles. The van der Waals surface area contributed by atoms with E-state index in [1.165, 1.54) is 12.6 Å². The van der Waals surface area contributed by atoms with E-state index < -0.39 is 0 Å². The second kappa shape index (κ2) is 9.53. The van der Waals surface area contributed by atoms with Gasteiger partial charge in [-0.1, -0.05) is 37.3 Å². The van der Waals surface area contributed by atoms with Crippen LogP contribution in [0.2, 0.25) is 0 Å². The molecule has 2 aromatic rings. The van der Waals surface area contributed by atoms with Crippen molar-refractivity contribution < 1.29 is 4.39 Å². The van der Waals surface area contributed by atoms with Crippen LogP contribution in [0.5, 0.6) is 0 Å². The number of allylic oxidation sites excluding steroid dienone is 2. The van der Waals surface area contributed by atoms with Gasteiger partial charge in [0.15, 0.2) is 0 Å². The number of amidine groups is 1. The number of benzene rings is 2. The lowest BCUT2D eigenvalue weighted by Crippen LogP contribution is -2.15. The van der Waals surface area contributed by atoms with Crippen LogP contribution in [0.3, 0.4) is 0 Å². The first-order valence-electron chi connectivity index (χ1n) is 10.3. The van der Waals surface area contributed by atoms with E-state index in [0.717, 1.165) is 29.5 Å². The Morgan fingerprint density at radius 3 is 2.60 bits per heavy atom. The summed E-state index contributed by atoms with van der Waals surface area (Å²) < 4.78 is 15.7. The number of nitrogen functional groups attached to an aromatic ring is 1. The summed E-state index contributed by atoms with van der Waals surface area (Å²) in [5.74, 6) is 0.224. The van der Waals surface area contributed by atoms with Gasteiger partial charge in [0.2, 0.25) is 0 Å². The number of nitrogens with one attached hydrogen (secondary N) is 1. The molecule has 0 atom stereocenters. The Labute approximate surface area is 177 Å². The van der Waals surface area contributed by atoms with Gasteiger partial charge in [-0.25, -0.2) is 4.39 Å². The zero-order chi connectivity index (χ0) is 21.7. The molecular formula is C25H29FN4. The number of halogens is 1. The fourth-order valence-electron chi connectivity index (χ4n) is 3.76. The van der Waals surface area contributed by atoms with E-state index in [2.05, 4.69) is 11.6 Å². The first kappa shape index (κ1) is 21.5. The zero-order valence-electron chi connectivity index (χ0n) is 17.4. The summed E-state index contributed by atoms with van der Waals surface area (Å²) in [7, 11) is 0. The fraction of sp³-hybridized carbons (Fsp3) is 0.280. The molecule has 156 valence electrons. The average molecular weight is 405 g/mol. The number of aliphatic imine (C=N–C) groups is 1. The summed E-state index contributed by atoms with van der Waals surface area (Å²) >= 11 is 0. The highest BCUT2D eigenvalue weighted by Gasteiger charge is 2.25. The van der Waals surface area contributed by atoms with E-state index in [9.17, 15) is 0 Å².